The summed E-state index contributed by atoms with van der Waals surface area (Å²) in [6, 6.07) is 0. The highest BCUT2D eigenvalue weighted by molar-refractivity contribution is 4.86. The zero-order valence-corrected chi connectivity index (χ0v) is 23.4. The quantitative estimate of drug-likeness (QED) is 0.198. The van der Waals surface area contributed by atoms with Gasteiger partial charge in [-0.15, -0.1) is 0 Å². The van der Waals surface area contributed by atoms with E-state index in [4.69, 9.17) is 28.8 Å². The topological polar surface area (TPSA) is 126 Å². The Morgan fingerprint density at radius 3 is 1.11 bits per heavy atom. The van der Waals surface area contributed by atoms with Gasteiger partial charge in [-0.3, -0.25) is 14.7 Å². The van der Waals surface area contributed by atoms with Crippen molar-refractivity contribution in [2.45, 2.75) is 11.2 Å². The van der Waals surface area contributed by atoms with Gasteiger partial charge in [0.25, 0.3) is 0 Å². The molecule has 0 spiro atoms. The third kappa shape index (κ3) is 16.4. The van der Waals surface area contributed by atoms with E-state index >= 15 is 0 Å². The minimum absolute atomic E-state index is 0.122. The van der Waals surface area contributed by atoms with Crippen LogP contribution in [0.2, 0.25) is 0 Å². The van der Waals surface area contributed by atoms with Crippen molar-refractivity contribution in [3.63, 3.8) is 0 Å². The maximum Gasteiger partial charge on any atom is 0.124 e. The summed E-state index contributed by atoms with van der Waals surface area (Å²) in [7, 11) is 9.59. The van der Waals surface area contributed by atoms with Crippen molar-refractivity contribution < 1.29 is 43.7 Å². The second-order valence-electron chi connectivity index (χ2n) is 9.28. The molecule has 1 aliphatic rings. The number of hydrogen-bond donors (Lipinski definition) is 3. The minimum atomic E-state index is -1.08. The van der Waals surface area contributed by atoms with Crippen molar-refractivity contribution in [1.82, 2.24) is 14.7 Å². The molecule has 0 aromatic heterocycles. The van der Waals surface area contributed by atoms with Crippen LogP contribution < -0.4 is 0 Å². The normalized spacial score (nSPS) is 17.2. The van der Waals surface area contributed by atoms with Gasteiger partial charge in [-0.25, -0.2) is 0 Å². The molecule has 0 bridgehead atoms. The van der Waals surface area contributed by atoms with Crippen LogP contribution in [0.4, 0.5) is 0 Å². The minimum Gasteiger partial charge on any atom is -0.394 e. The van der Waals surface area contributed by atoms with Crippen LogP contribution in [0.25, 0.3) is 0 Å². The lowest BCUT2D eigenvalue weighted by Gasteiger charge is -2.36. The Labute approximate surface area is 217 Å². The van der Waals surface area contributed by atoms with Gasteiger partial charge < -0.3 is 43.7 Å². The van der Waals surface area contributed by atoms with E-state index in [2.05, 4.69) is 19.4 Å². The largest absolute Gasteiger partial charge is 0.394 e. The van der Waals surface area contributed by atoms with E-state index in [1.165, 1.54) is 0 Å². The molecule has 0 aromatic carbocycles. The fourth-order valence-electron chi connectivity index (χ4n) is 4.21. The summed E-state index contributed by atoms with van der Waals surface area (Å²) in [5.41, 5.74) is -2.15. The molecule has 36 heavy (non-hydrogen) atoms. The molecule has 0 saturated carbocycles. The molecule has 1 rings (SSSR count). The summed E-state index contributed by atoms with van der Waals surface area (Å²) >= 11 is 0. The second-order valence-corrected chi connectivity index (χ2v) is 9.28. The van der Waals surface area contributed by atoms with E-state index in [-0.39, 0.29) is 33.0 Å². The van der Waals surface area contributed by atoms with Gasteiger partial charge in [0.2, 0.25) is 0 Å². The first-order valence-electron chi connectivity index (χ1n) is 12.4. The highest BCUT2D eigenvalue weighted by Crippen LogP contribution is 2.13. The smallest absolute Gasteiger partial charge is 0.124 e. The predicted molar refractivity (Wildman–Crippen MR) is 138 cm³/mol. The number of ether oxygens (including phenoxy) is 6. The van der Waals surface area contributed by atoms with Gasteiger partial charge in [0.05, 0.1) is 46.2 Å². The lowest BCUT2D eigenvalue weighted by atomic mass is 10.1. The molecule has 1 fully saturated rings. The zero-order valence-electron chi connectivity index (χ0n) is 23.4. The van der Waals surface area contributed by atoms with Crippen molar-refractivity contribution in [2.24, 2.45) is 0 Å². The van der Waals surface area contributed by atoms with Crippen LogP contribution in [0.3, 0.4) is 0 Å². The van der Waals surface area contributed by atoms with Gasteiger partial charge in [0, 0.05) is 102 Å². The Morgan fingerprint density at radius 2 is 0.861 bits per heavy atom. The number of aliphatic hydroxyl groups excluding tert-OH is 1. The molecule has 0 aliphatic carbocycles. The third-order valence-corrected chi connectivity index (χ3v) is 5.79. The van der Waals surface area contributed by atoms with Crippen molar-refractivity contribution in [3.05, 3.63) is 0 Å². The number of β-amino-alcohol motifs (C(OH)–C–C–N with tert-alkyl or cyclic N) is 2. The number of methoxy groups -OCH3 is 6. The van der Waals surface area contributed by atoms with E-state index < -0.39 is 11.2 Å². The number of nitrogens with zero attached hydrogens (tertiary/aromatic N) is 3. The molecule has 12 heteroatoms. The number of rotatable bonds is 17. The zero-order chi connectivity index (χ0) is 27.3. The van der Waals surface area contributed by atoms with Crippen LogP contribution in [0.5, 0.6) is 0 Å². The van der Waals surface area contributed by atoms with E-state index in [0.29, 0.717) is 26.3 Å². The van der Waals surface area contributed by atoms with Gasteiger partial charge in [-0.1, -0.05) is 0 Å². The lowest BCUT2D eigenvalue weighted by molar-refractivity contribution is -0.0990. The standard InChI is InChI=1S/C21H45N3O7.C3H8O2/c1-27-13-12-22-6-8-23(14-20(25,16-28-2)17-29-3)10-11-24(9-7-22)15-21(26,18-30-4)19-31-5;1-5-3-2-4/h25-26H,6-19H2,1-5H3;4H,2-3H2,1H3. The van der Waals surface area contributed by atoms with Crippen molar-refractivity contribution >= 4 is 0 Å². The van der Waals surface area contributed by atoms with Gasteiger partial charge in [-0.2, -0.15) is 0 Å². The predicted octanol–water partition coefficient (Wildman–Crippen LogP) is -1.77. The first-order valence-corrected chi connectivity index (χ1v) is 12.4. The molecule has 1 saturated heterocycles. The molecule has 218 valence electrons. The molecule has 3 N–H and O–H groups in total. The Balaban J connectivity index is 0.00000222. The first-order chi connectivity index (χ1) is 17.2. The van der Waals surface area contributed by atoms with Gasteiger partial charge >= 0.3 is 0 Å². The molecule has 12 nitrogen and oxygen atoms in total. The fraction of sp³-hybridized carbons (Fsp3) is 1.00. The summed E-state index contributed by atoms with van der Waals surface area (Å²) in [5.74, 6) is 0. The second kappa shape index (κ2) is 21.5. The highest BCUT2D eigenvalue weighted by Gasteiger charge is 2.33. The fourth-order valence-corrected chi connectivity index (χ4v) is 4.21. The van der Waals surface area contributed by atoms with Gasteiger partial charge in [-0.05, 0) is 0 Å². The highest BCUT2D eigenvalue weighted by atomic mass is 16.5. The van der Waals surface area contributed by atoms with Crippen LogP contribution in [0.15, 0.2) is 0 Å². The Morgan fingerprint density at radius 1 is 0.528 bits per heavy atom. The summed E-state index contributed by atoms with van der Waals surface area (Å²) in [5, 5.41) is 29.9. The van der Waals surface area contributed by atoms with Gasteiger partial charge in [0.1, 0.15) is 11.2 Å². The van der Waals surface area contributed by atoms with E-state index in [0.717, 1.165) is 45.8 Å². The Hall–Kier alpha value is -0.480. The van der Waals surface area contributed by atoms with Crippen LogP contribution >= 0.6 is 0 Å². The maximum atomic E-state index is 11.0. The molecular formula is C24H53N3O9. The molecule has 1 heterocycles. The van der Waals surface area contributed by atoms with Crippen LogP contribution in [0.1, 0.15) is 0 Å². The molecule has 1 aliphatic heterocycles. The molecule has 0 aromatic rings. The van der Waals surface area contributed by atoms with Crippen molar-refractivity contribution in [3.8, 4) is 0 Å². The molecule has 0 amide bonds. The Bertz CT molecular complexity index is 455. The summed E-state index contributed by atoms with van der Waals surface area (Å²) in [6.07, 6.45) is 0. The summed E-state index contributed by atoms with van der Waals surface area (Å²) in [4.78, 5) is 6.83. The van der Waals surface area contributed by atoms with Crippen molar-refractivity contribution in [2.75, 3.05) is 148 Å². The Kier molecular flexibility index (Phi) is 21.2. The van der Waals surface area contributed by atoms with Crippen LogP contribution in [-0.4, -0.2) is 189 Å². The van der Waals surface area contributed by atoms with E-state index in [1.807, 2.05) is 0 Å². The van der Waals surface area contributed by atoms with Crippen molar-refractivity contribution in [1.29, 1.82) is 0 Å². The third-order valence-electron chi connectivity index (χ3n) is 5.79. The number of aliphatic hydroxyl groups is 3. The summed E-state index contributed by atoms with van der Waals surface area (Å²) in [6.45, 7) is 8.64. The SMILES string of the molecule is COCCN1CCN(CC(O)(COC)COC)CCN(CC(O)(COC)COC)CC1.COCCO. The lowest BCUT2D eigenvalue weighted by Crippen LogP contribution is -2.53. The number of hydrogen-bond acceptors (Lipinski definition) is 12. The molecule has 0 unspecified atom stereocenters. The maximum absolute atomic E-state index is 11.0. The monoisotopic (exact) mass is 527 g/mol. The average molecular weight is 528 g/mol. The van der Waals surface area contributed by atoms with Crippen LogP contribution in [-0.2, 0) is 28.4 Å². The molecular weight excluding hydrogens is 474 g/mol. The van der Waals surface area contributed by atoms with E-state index in [1.54, 1.807) is 42.7 Å². The van der Waals surface area contributed by atoms with Crippen LogP contribution in [0, 0.1) is 0 Å². The molecule has 0 atom stereocenters. The average Bonchev–Trinajstić information content (AvgIpc) is 2.90. The van der Waals surface area contributed by atoms with Gasteiger partial charge in [0.15, 0.2) is 0 Å². The first kappa shape index (κ1) is 35.5. The molecule has 0 radical (unpaired) electrons. The van der Waals surface area contributed by atoms with E-state index in [9.17, 15) is 10.2 Å². The summed E-state index contributed by atoms with van der Waals surface area (Å²) < 4.78 is 30.7.